The molecule has 136 valence electrons. The van der Waals surface area contributed by atoms with E-state index >= 15 is 0 Å². The molecule has 0 saturated carbocycles. The van der Waals surface area contributed by atoms with Crippen molar-refractivity contribution in [3.63, 3.8) is 0 Å². The lowest BCUT2D eigenvalue weighted by Crippen LogP contribution is -2.18. The molecule has 4 aromatic rings. The van der Waals surface area contributed by atoms with Crippen molar-refractivity contribution in [2.75, 3.05) is 0 Å². The summed E-state index contributed by atoms with van der Waals surface area (Å²) in [6.07, 6.45) is 0. The number of thiophene rings is 1. The van der Waals surface area contributed by atoms with Crippen molar-refractivity contribution in [3.8, 4) is 10.4 Å². The Kier molecular flexibility index (Phi) is 4.80. The molecule has 4 rings (SSSR count). The fraction of sp³-hybridized carbons (Fsp3) is 0.100. The van der Waals surface area contributed by atoms with Crippen LogP contribution in [0.4, 0.5) is 8.78 Å². The summed E-state index contributed by atoms with van der Waals surface area (Å²) in [4.78, 5) is 18.2. The zero-order chi connectivity index (χ0) is 19.0. The van der Waals surface area contributed by atoms with Gasteiger partial charge in [0.05, 0.1) is 5.52 Å². The Morgan fingerprint density at radius 3 is 2.67 bits per heavy atom. The van der Waals surface area contributed by atoms with Crippen molar-refractivity contribution in [1.82, 2.24) is 9.55 Å². The Bertz CT molecular complexity index is 1190. The van der Waals surface area contributed by atoms with Crippen molar-refractivity contribution >= 4 is 33.3 Å². The number of thioether (sulfide) groups is 1. The molecule has 0 aliphatic heterocycles. The summed E-state index contributed by atoms with van der Waals surface area (Å²) in [6.45, 7) is 0. The van der Waals surface area contributed by atoms with Gasteiger partial charge in [0.25, 0.3) is 5.56 Å². The minimum absolute atomic E-state index is 0.144. The molecular formula is C20H14F2N2OS2. The molecule has 0 aliphatic carbocycles. The second-order valence-corrected chi connectivity index (χ2v) is 7.97. The Hall–Kier alpha value is -2.51. The average molecular weight is 400 g/mol. The molecule has 0 fully saturated rings. The predicted molar refractivity (Wildman–Crippen MR) is 106 cm³/mol. The van der Waals surface area contributed by atoms with Gasteiger partial charge in [-0.15, -0.1) is 11.3 Å². The van der Waals surface area contributed by atoms with Crippen LogP contribution in [-0.2, 0) is 12.8 Å². The zero-order valence-electron chi connectivity index (χ0n) is 14.3. The summed E-state index contributed by atoms with van der Waals surface area (Å²) in [5.74, 6) is -0.781. The van der Waals surface area contributed by atoms with Crippen molar-refractivity contribution in [3.05, 3.63) is 82.1 Å². The Morgan fingerprint density at radius 1 is 1.11 bits per heavy atom. The normalized spacial score (nSPS) is 11.2. The van der Waals surface area contributed by atoms with Gasteiger partial charge >= 0.3 is 0 Å². The lowest BCUT2D eigenvalue weighted by atomic mass is 10.2. The molecule has 0 radical (unpaired) electrons. The van der Waals surface area contributed by atoms with E-state index in [1.165, 1.54) is 27.7 Å². The molecule has 0 amide bonds. The van der Waals surface area contributed by atoms with E-state index in [0.29, 0.717) is 15.4 Å². The lowest BCUT2D eigenvalue weighted by molar-refractivity contribution is 0.591. The number of fused-ring (bicyclic) bond motifs is 1. The van der Waals surface area contributed by atoms with Gasteiger partial charge in [0, 0.05) is 23.2 Å². The molecule has 0 aliphatic rings. The van der Waals surface area contributed by atoms with Gasteiger partial charge in [0.15, 0.2) is 5.16 Å². The molecular weight excluding hydrogens is 386 g/mol. The first-order valence-electron chi connectivity index (χ1n) is 8.15. The molecule has 2 aromatic carbocycles. The Morgan fingerprint density at radius 2 is 1.89 bits per heavy atom. The van der Waals surface area contributed by atoms with Crippen molar-refractivity contribution in [1.29, 1.82) is 0 Å². The van der Waals surface area contributed by atoms with Crippen LogP contribution in [0.5, 0.6) is 0 Å². The lowest BCUT2D eigenvalue weighted by Gasteiger charge is -2.07. The highest BCUT2D eigenvalue weighted by Gasteiger charge is 2.14. The first kappa shape index (κ1) is 17.9. The topological polar surface area (TPSA) is 34.9 Å². The van der Waals surface area contributed by atoms with Crippen LogP contribution in [0.3, 0.4) is 0 Å². The smallest absolute Gasteiger partial charge is 0.271 e. The van der Waals surface area contributed by atoms with Crippen molar-refractivity contribution < 1.29 is 8.78 Å². The van der Waals surface area contributed by atoms with Gasteiger partial charge in [0.1, 0.15) is 16.3 Å². The van der Waals surface area contributed by atoms with E-state index in [1.807, 2.05) is 36.4 Å². The fourth-order valence-corrected chi connectivity index (χ4v) is 4.73. The van der Waals surface area contributed by atoms with Crippen molar-refractivity contribution in [2.45, 2.75) is 10.9 Å². The van der Waals surface area contributed by atoms with Crippen LogP contribution < -0.4 is 5.56 Å². The van der Waals surface area contributed by atoms with Gasteiger partial charge in [-0.3, -0.25) is 9.36 Å². The Balaban J connectivity index is 1.70. The fourth-order valence-electron chi connectivity index (χ4n) is 2.70. The summed E-state index contributed by atoms with van der Waals surface area (Å²) in [6, 6.07) is 15.0. The molecule has 2 heterocycles. The number of halogens is 2. The third-order valence-corrected chi connectivity index (χ3v) is 6.38. The molecule has 3 nitrogen and oxygen atoms in total. The van der Waals surface area contributed by atoms with Crippen LogP contribution in [0.1, 0.15) is 5.56 Å². The van der Waals surface area contributed by atoms with E-state index in [9.17, 15) is 13.6 Å². The summed E-state index contributed by atoms with van der Waals surface area (Å²) >= 11 is 2.61. The number of benzene rings is 2. The first-order valence-corrected chi connectivity index (χ1v) is 9.96. The van der Waals surface area contributed by atoms with Gasteiger partial charge in [-0.1, -0.05) is 42.1 Å². The average Bonchev–Trinajstić information content (AvgIpc) is 3.11. The van der Waals surface area contributed by atoms with E-state index in [-0.39, 0.29) is 16.9 Å². The zero-order valence-corrected chi connectivity index (χ0v) is 15.9. The molecule has 0 unspecified atom stereocenters. The molecule has 0 atom stereocenters. The van der Waals surface area contributed by atoms with Crippen LogP contribution in [0.15, 0.2) is 64.5 Å². The van der Waals surface area contributed by atoms with E-state index in [2.05, 4.69) is 4.98 Å². The summed E-state index contributed by atoms with van der Waals surface area (Å²) in [5, 5.41) is 0.466. The number of aromatic nitrogens is 2. The number of hydrogen-bond acceptors (Lipinski definition) is 4. The molecule has 0 bridgehead atoms. The number of rotatable bonds is 4. The quantitative estimate of drug-likeness (QED) is 0.347. The van der Waals surface area contributed by atoms with E-state index in [1.54, 1.807) is 7.05 Å². The third-order valence-electron chi connectivity index (χ3n) is 4.14. The SMILES string of the molecule is Cn1c(SCc2cc(F)ccc2F)nc2cc(-c3ccccc3)sc2c1=O. The third kappa shape index (κ3) is 3.52. The highest BCUT2D eigenvalue weighted by molar-refractivity contribution is 7.98. The molecule has 0 spiro atoms. The van der Waals surface area contributed by atoms with Crippen LogP contribution in [0, 0.1) is 11.6 Å². The van der Waals surface area contributed by atoms with Gasteiger partial charge in [-0.2, -0.15) is 0 Å². The highest BCUT2D eigenvalue weighted by Crippen LogP contribution is 2.32. The Labute approximate surface area is 162 Å². The van der Waals surface area contributed by atoms with E-state index in [4.69, 9.17) is 0 Å². The van der Waals surface area contributed by atoms with Gasteiger partial charge in [-0.25, -0.2) is 13.8 Å². The summed E-state index contributed by atoms with van der Waals surface area (Å²) in [5.41, 5.74) is 1.74. The largest absolute Gasteiger partial charge is 0.290 e. The predicted octanol–water partition coefficient (Wildman–Crippen LogP) is 5.23. The van der Waals surface area contributed by atoms with E-state index < -0.39 is 11.6 Å². The maximum absolute atomic E-state index is 13.8. The van der Waals surface area contributed by atoms with Crippen LogP contribution >= 0.6 is 23.1 Å². The van der Waals surface area contributed by atoms with Crippen molar-refractivity contribution in [2.24, 2.45) is 7.05 Å². The summed E-state index contributed by atoms with van der Waals surface area (Å²) in [7, 11) is 1.64. The molecule has 0 N–H and O–H groups in total. The van der Waals surface area contributed by atoms with Crippen LogP contribution in [-0.4, -0.2) is 9.55 Å². The van der Waals surface area contributed by atoms with Gasteiger partial charge in [-0.05, 0) is 29.8 Å². The first-order chi connectivity index (χ1) is 13.0. The molecule has 7 heteroatoms. The molecule has 2 aromatic heterocycles. The molecule has 27 heavy (non-hydrogen) atoms. The van der Waals surface area contributed by atoms with Crippen LogP contribution in [0.25, 0.3) is 20.7 Å². The minimum atomic E-state index is -0.491. The monoisotopic (exact) mass is 400 g/mol. The van der Waals surface area contributed by atoms with Crippen LogP contribution in [0.2, 0.25) is 0 Å². The second-order valence-electron chi connectivity index (χ2n) is 5.97. The maximum atomic E-state index is 13.8. The van der Waals surface area contributed by atoms with E-state index in [0.717, 1.165) is 28.6 Å². The highest BCUT2D eigenvalue weighted by atomic mass is 32.2. The number of nitrogens with zero attached hydrogens (tertiary/aromatic N) is 2. The maximum Gasteiger partial charge on any atom is 0.271 e. The second kappa shape index (κ2) is 7.25. The number of hydrogen-bond donors (Lipinski definition) is 0. The molecule has 0 saturated heterocycles. The summed E-state index contributed by atoms with van der Waals surface area (Å²) < 4.78 is 29.2. The standard InChI is InChI=1S/C20H14F2N2OS2/c1-24-19(25)18-16(10-17(27-18)12-5-3-2-4-6-12)23-20(24)26-11-13-9-14(21)7-8-15(13)22/h2-10H,11H2,1H3. The van der Waals surface area contributed by atoms with Gasteiger partial charge in [0.2, 0.25) is 0 Å². The van der Waals surface area contributed by atoms with Gasteiger partial charge < -0.3 is 0 Å². The minimum Gasteiger partial charge on any atom is -0.290 e.